The third-order valence-corrected chi connectivity index (χ3v) is 5.24. The molecule has 0 bridgehead atoms. The van der Waals surface area contributed by atoms with Crippen molar-refractivity contribution in [3.05, 3.63) is 69.2 Å². The third-order valence-electron chi connectivity index (χ3n) is 4.54. The highest BCUT2D eigenvalue weighted by Crippen LogP contribution is 2.33. The average molecular weight is 407 g/mol. The summed E-state index contributed by atoms with van der Waals surface area (Å²) >= 11 is 1.51. The average Bonchev–Trinajstić information content (AvgIpc) is 3.30. The van der Waals surface area contributed by atoms with Gasteiger partial charge in [-0.2, -0.15) is 29.6 Å². The van der Waals surface area contributed by atoms with Crippen LogP contribution in [-0.2, 0) is 12.7 Å². The Morgan fingerprint density at radius 3 is 2.82 bits per heavy atom. The third kappa shape index (κ3) is 3.62. The molecule has 9 heteroatoms. The van der Waals surface area contributed by atoms with E-state index in [1.165, 1.54) is 16.2 Å². The second-order valence-corrected chi connectivity index (χ2v) is 7.40. The van der Waals surface area contributed by atoms with E-state index < -0.39 is 23.9 Å². The van der Waals surface area contributed by atoms with Gasteiger partial charge >= 0.3 is 6.18 Å². The van der Waals surface area contributed by atoms with Gasteiger partial charge in [0.25, 0.3) is 5.91 Å². The van der Waals surface area contributed by atoms with E-state index in [2.05, 4.69) is 5.10 Å². The van der Waals surface area contributed by atoms with E-state index >= 15 is 0 Å². The van der Waals surface area contributed by atoms with Crippen molar-refractivity contribution in [1.29, 1.82) is 0 Å². The zero-order valence-electron chi connectivity index (χ0n) is 14.8. The Kier molecular flexibility index (Phi) is 4.62. The number of halogens is 3. The summed E-state index contributed by atoms with van der Waals surface area (Å²) in [5.74, 6) is 0.0834. The van der Waals surface area contributed by atoms with Crippen LogP contribution in [-0.4, -0.2) is 27.5 Å². The number of rotatable bonds is 2. The molecule has 0 radical (unpaired) electrons. The minimum Gasteiger partial charge on any atom is -0.483 e. The van der Waals surface area contributed by atoms with E-state index in [-0.39, 0.29) is 18.8 Å². The normalized spacial score (nSPS) is 17.0. The van der Waals surface area contributed by atoms with Crippen LogP contribution in [0.15, 0.2) is 41.1 Å². The SMILES string of the molecule is Cc1ccc2c(c1)CN(C(=O)c1cc(C(F)(F)F)[nH]n1)C[C@H](c1ccsc1)O2. The molecule has 2 aromatic heterocycles. The van der Waals surface area contributed by atoms with E-state index in [0.717, 1.165) is 22.8 Å². The van der Waals surface area contributed by atoms with E-state index in [1.807, 2.05) is 47.0 Å². The van der Waals surface area contributed by atoms with E-state index in [4.69, 9.17) is 4.74 Å². The van der Waals surface area contributed by atoms with Crippen LogP contribution in [0.2, 0.25) is 0 Å². The van der Waals surface area contributed by atoms with Crippen molar-refractivity contribution in [1.82, 2.24) is 15.1 Å². The number of carbonyl (C=O) groups is 1. The monoisotopic (exact) mass is 407 g/mol. The Morgan fingerprint density at radius 2 is 2.14 bits per heavy atom. The quantitative estimate of drug-likeness (QED) is 0.677. The molecule has 3 aromatic rings. The Morgan fingerprint density at radius 1 is 1.32 bits per heavy atom. The molecule has 4 rings (SSSR count). The molecule has 1 aromatic carbocycles. The van der Waals surface area contributed by atoms with Gasteiger partial charge in [0.2, 0.25) is 0 Å². The first-order valence-electron chi connectivity index (χ1n) is 8.51. The Bertz CT molecular complexity index is 998. The smallest absolute Gasteiger partial charge is 0.432 e. The van der Waals surface area contributed by atoms with Crippen molar-refractivity contribution in [2.45, 2.75) is 25.7 Å². The molecule has 0 aliphatic carbocycles. The number of thiophene rings is 1. The van der Waals surface area contributed by atoms with Crippen LogP contribution >= 0.6 is 11.3 Å². The molecule has 1 aliphatic rings. The van der Waals surface area contributed by atoms with Gasteiger partial charge < -0.3 is 9.64 Å². The van der Waals surface area contributed by atoms with Gasteiger partial charge in [-0.05, 0) is 29.8 Å². The minimum atomic E-state index is -4.59. The molecule has 28 heavy (non-hydrogen) atoms. The van der Waals surface area contributed by atoms with Gasteiger partial charge in [-0.1, -0.05) is 17.7 Å². The largest absolute Gasteiger partial charge is 0.483 e. The Hall–Kier alpha value is -2.81. The van der Waals surface area contributed by atoms with Gasteiger partial charge in [-0.15, -0.1) is 0 Å². The number of aromatic nitrogens is 2. The van der Waals surface area contributed by atoms with Crippen molar-refractivity contribution >= 4 is 17.2 Å². The Labute approximate surface area is 162 Å². The van der Waals surface area contributed by atoms with Crippen molar-refractivity contribution < 1.29 is 22.7 Å². The van der Waals surface area contributed by atoms with Gasteiger partial charge in [0.05, 0.1) is 6.54 Å². The van der Waals surface area contributed by atoms with Crippen molar-refractivity contribution in [3.63, 3.8) is 0 Å². The fourth-order valence-corrected chi connectivity index (χ4v) is 3.83. The van der Waals surface area contributed by atoms with Crippen LogP contribution in [0.3, 0.4) is 0 Å². The molecule has 1 N–H and O–H groups in total. The number of aromatic amines is 1. The fraction of sp³-hybridized carbons (Fsp3) is 0.263. The van der Waals surface area contributed by atoms with Crippen LogP contribution in [0.4, 0.5) is 13.2 Å². The number of aryl methyl sites for hydroxylation is 1. The lowest BCUT2D eigenvalue weighted by molar-refractivity contribution is -0.141. The number of benzene rings is 1. The van der Waals surface area contributed by atoms with E-state index in [0.29, 0.717) is 5.75 Å². The summed E-state index contributed by atoms with van der Waals surface area (Å²) in [7, 11) is 0. The van der Waals surface area contributed by atoms with E-state index in [1.54, 1.807) is 0 Å². The summed E-state index contributed by atoms with van der Waals surface area (Å²) < 4.78 is 44.7. The highest BCUT2D eigenvalue weighted by molar-refractivity contribution is 7.07. The first-order chi connectivity index (χ1) is 13.3. The number of hydrogen-bond acceptors (Lipinski definition) is 4. The summed E-state index contributed by atoms with van der Waals surface area (Å²) in [5.41, 5.74) is 1.40. The zero-order valence-corrected chi connectivity index (χ0v) is 15.6. The number of hydrogen-bond donors (Lipinski definition) is 1. The highest BCUT2D eigenvalue weighted by atomic mass is 32.1. The summed E-state index contributed by atoms with van der Waals surface area (Å²) in [6, 6.07) is 8.34. The molecular weight excluding hydrogens is 391 g/mol. The number of ether oxygens (including phenoxy) is 1. The molecule has 0 saturated heterocycles. The molecule has 0 saturated carbocycles. The lowest BCUT2D eigenvalue weighted by atomic mass is 10.1. The predicted molar refractivity (Wildman–Crippen MR) is 97.2 cm³/mol. The molecule has 3 heterocycles. The second kappa shape index (κ2) is 6.97. The molecule has 0 unspecified atom stereocenters. The second-order valence-electron chi connectivity index (χ2n) is 6.62. The Balaban J connectivity index is 1.68. The number of carbonyl (C=O) groups excluding carboxylic acids is 1. The number of fused-ring (bicyclic) bond motifs is 1. The van der Waals surface area contributed by atoms with Crippen LogP contribution in [0.5, 0.6) is 5.75 Å². The molecule has 1 amide bonds. The first kappa shape index (κ1) is 18.5. The molecule has 0 fully saturated rings. The van der Waals surface area contributed by atoms with Crippen LogP contribution in [0.25, 0.3) is 0 Å². The molecule has 5 nitrogen and oxygen atoms in total. The molecular formula is C19H16F3N3O2S. The number of nitrogens with one attached hydrogen (secondary N) is 1. The molecule has 146 valence electrons. The van der Waals surface area contributed by atoms with Gasteiger partial charge in [0.1, 0.15) is 17.5 Å². The summed E-state index contributed by atoms with van der Waals surface area (Å²) in [6.07, 6.45) is -5.00. The molecule has 1 atom stereocenters. The van der Waals surface area contributed by atoms with Gasteiger partial charge in [-0.25, -0.2) is 0 Å². The van der Waals surface area contributed by atoms with Crippen molar-refractivity contribution in [2.24, 2.45) is 0 Å². The van der Waals surface area contributed by atoms with Gasteiger partial charge in [-0.3, -0.25) is 9.89 Å². The number of amides is 1. The molecule has 0 spiro atoms. The van der Waals surface area contributed by atoms with E-state index in [9.17, 15) is 18.0 Å². The standard InChI is InChI=1S/C19H16F3N3O2S/c1-11-2-3-15-13(6-11)8-25(9-16(27-15)12-4-5-28-10-12)18(26)14-7-17(24-23-14)19(20,21)22/h2-7,10,16H,8-9H2,1H3,(H,23,24)/t16-/m1/s1. The van der Waals surface area contributed by atoms with Gasteiger partial charge in [0, 0.05) is 23.7 Å². The maximum absolute atomic E-state index is 12.9. The summed E-state index contributed by atoms with van der Waals surface area (Å²) in [4.78, 5) is 14.4. The lowest BCUT2D eigenvalue weighted by Crippen LogP contribution is -2.34. The molecule has 1 aliphatic heterocycles. The zero-order chi connectivity index (χ0) is 19.9. The van der Waals surface area contributed by atoms with Crippen molar-refractivity contribution in [2.75, 3.05) is 6.54 Å². The summed E-state index contributed by atoms with van der Waals surface area (Å²) in [5, 5.41) is 9.32. The highest BCUT2D eigenvalue weighted by Gasteiger charge is 2.35. The van der Waals surface area contributed by atoms with Crippen LogP contribution in [0, 0.1) is 6.92 Å². The maximum Gasteiger partial charge on any atom is 0.432 e. The number of H-pyrrole nitrogens is 1. The van der Waals surface area contributed by atoms with Gasteiger partial charge in [0.15, 0.2) is 5.69 Å². The van der Waals surface area contributed by atoms with Crippen LogP contribution in [0.1, 0.15) is 39.0 Å². The topological polar surface area (TPSA) is 58.2 Å². The lowest BCUT2D eigenvalue weighted by Gasteiger charge is -2.23. The van der Waals surface area contributed by atoms with Crippen molar-refractivity contribution in [3.8, 4) is 5.75 Å². The summed E-state index contributed by atoms with van der Waals surface area (Å²) in [6.45, 7) is 2.36. The number of alkyl halides is 3. The number of nitrogens with zero attached hydrogens (tertiary/aromatic N) is 2. The van der Waals surface area contributed by atoms with Crippen LogP contribution < -0.4 is 4.74 Å². The minimum absolute atomic E-state index is 0.206. The first-order valence-corrected chi connectivity index (χ1v) is 9.45. The maximum atomic E-state index is 12.9. The fourth-order valence-electron chi connectivity index (χ4n) is 3.13. The predicted octanol–water partition coefficient (Wildman–Crippen LogP) is 4.57.